The summed E-state index contributed by atoms with van der Waals surface area (Å²) in [4.78, 5) is 15.3. The van der Waals surface area contributed by atoms with Gasteiger partial charge >= 0.3 is 0 Å². The zero-order valence-electron chi connectivity index (χ0n) is 14.5. The first-order valence-electron chi connectivity index (χ1n) is 8.55. The van der Waals surface area contributed by atoms with E-state index in [1.54, 1.807) is 13.2 Å². The lowest BCUT2D eigenvalue weighted by atomic mass is 9.84. The summed E-state index contributed by atoms with van der Waals surface area (Å²) in [6, 6.07) is 3.85. The topological polar surface area (TPSA) is 50.8 Å². The van der Waals surface area contributed by atoms with Crippen LogP contribution in [-0.2, 0) is 0 Å². The Kier molecular flexibility index (Phi) is 5.35. The molecule has 1 N–H and O–H groups in total. The molecule has 1 aromatic rings. The molecular formula is C18H25BrN2O3. The van der Waals surface area contributed by atoms with Crippen LogP contribution in [0.1, 0.15) is 37.0 Å². The predicted octanol–water partition coefficient (Wildman–Crippen LogP) is 3.07. The Balaban J connectivity index is 1.82. The first kappa shape index (κ1) is 17.5. The average molecular weight is 397 g/mol. The Labute approximate surface area is 151 Å². The number of ether oxygens (including phenoxy) is 2. The minimum Gasteiger partial charge on any atom is -0.492 e. The van der Waals surface area contributed by atoms with Crippen molar-refractivity contribution in [2.75, 3.05) is 26.7 Å². The second-order valence-electron chi connectivity index (χ2n) is 6.87. The SMILES string of the molecule is COc1c(OC(C)C)cc(Br)cc1C(=O)N[C@@H]1CN2CCC1CC2. The van der Waals surface area contributed by atoms with Gasteiger partial charge in [0.2, 0.25) is 0 Å². The van der Waals surface area contributed by atoms with Crippen molar-refractivity contribution in [2.24, 2.45) is 5.92 Å². The molecule has 3 aliphatic heterocycles. The number of hydrogen-bond acceptors (Lipinski definition) is 4. The Morgan fingerprint density at radius 2 is 2.04 bits per heavy atom. The number of carbonyl (C=O) groups is 1. The third-order valence-electron chi connectivity index (χ3n) is 4.80. The maximum absolute atomic E-state index is 12.9. The number of methoxy groups -OCH3 is 1. The number of nitrogens with zero attached hydrogens (tertiary/aromatic N) is 1. The summed E-state index contributed by atoms with van der Waals surface area (Å²) in [6.07, 6.45) is 2.34. The lowest BCUT2D eigenvalue weighted by molar-refractivity contribution is 0.0618. The largest absolute Gasteiger partial charge is 0.492 e. The number of halogens is 1. The van der Waals surface area contributed by atoms with Crippen molar-refractivity contribution in [3.63, 3.8) is 0 Å². The number of benzene rings is 1. The number of piperidine rings is 3. The Morgan fingerprint density at radius 3 is 2.58 bits per heavy atom. The third kappa shape index (κ3) is 3.70. The quantitative estimate of drug-likeness (QED) is 0.830. The van der Waals surface area contributed by atoms with Crippen molar-refractivity contribution >= 4 is 21.8 Å². The maximum Gasteiger partial charge on any atom is 0.255 e. The number of carbonyl (C=O) groups excluding carboxylic acids is 1. The van der Waals surface area contributed by atoms with Crippen molar-refractivity contribution in [1.29, 1.82) is 0 Å². The molecule has 1 atom stereocenters. The standard InChI is InChI=1S/C18H25BrN2O3/c1-11(2)24-16-9-13(19)8-14(17(16)23-3)18(22)20-15-10-21-6-4-12(15)5-7-21/h8-9,11-12,15H,4-7,10H2,1-3H3,(H,20,22)/t15-/m1/s1. The monoisotopic (exact) mass is 396 g/mol. The van der Waals surface area contributed by atoms with Gasteiger partial charge in [0.05, 0.1) is 18.8 Å². The van der Waals surface area contributed by atoms with E-state index in [0.717, 1.165) is 24.1 Å². The molecule has 0 aromatic heterocycles. The van der Waals surface area contributed by atoms with Gasteiger partial charge in [0, 0.05) is 17.1 Å². The van der Waals surface area contributed by atoms with Crippen LogP contribution in [-0.4, -0.2) is 49.7 Å². The highest BCUT2D eigenvalue weighted by molar-refractivity contribution is 9.10. The number of amides is 1. The fraction of sp³-hybridized carbons (Fsp3) is 0.611. The zero-order valence-corrected chi connectivity index (χ0v) is 16.1. The molecule has 0 saturated carbocycles. The van der Waals surface area contributed by atoms with Crippen molar-refractivity contribution in [3.8, 4) is 11.5 Å². The number of nitrogens with one attached hydrogen (secondary N) is 1. The van der Waals surface area contributed by atoms with Gasteiger partial charge in [-0.1, -0.05) is 15.9 Å². The normalized spacial score (nSPS) is 25.6. The summed E-state index contributed by atoms with van der Waals surface area (Å²) in [7, 11) is 1.57. The van der Waals surface area contributed by atoms with E-state index in [9.17, 15) is 4.79 Å². The van der Waals surface area contributed by atoms with Crippen molar-refractivity contribution in [3.05, 3.63) is 22.2 Å². The molecule has 132 valence electrons. The van der Waals surface area contributed by atoms with Crippen LogP contribution in [0.3, 0.4) is 0 Å². The van der Waals surface area contributed by atoms with E-state index in [2.05, 4.69) is 26.1 Å². The van der Waals surface area contributed by atoms with E-state index in [0.29, 0.717) is 23.0 Å². The molecule has 4 rings (SSSR count). The van der Waals surface area contributed by atoms with Gasteiger partial charge in [-0.3, -0.25) is 4.79 Å². The van der Waals surface area contributed by atoms with Gasteiger partial charge in [0.25, 0.3) is 5.91 Å². The van der Waals surface area contributed by atoms with E-state index >= 15 is 0 Å². The van der Waals surface area contributed by atoms with Crippen LogP contribution in [0.4, 0.5) is 0 Å². The molecule has 3 aliphatic rings. The molecule has 2 bridgehead atoms. The summed E-state index contributed by atoms with van der Waals surface area (Å²) in [5.41, 5.74) is 0.513. The van der Waals surface area contributed by atoms with Crippen molar-refractivity contribution < 1.29 is 14.3 Å². The average Bonchev–Trinajstić information content (AvgIpc) is 2.55. The molecule has 3 heterocycles. The molecule has 0 spiro atoms. The van der Waals surface area contributed by atoms with Crippen molar-refractivity contribution in [1.82, 2.24) is 10.2 Å². The fourth-order valence-corrected chi connectivity index (χ4v) is 4.10. The Bertz CT molecular complexity index is 613. The molecule has 0 radical (unpaired) electrons. The van der Waals surface area contributed by atoms with Crippen LogP contribution < -0.4 is 14.8 Å². The summed E-state index contributed by atoms with van der Waals surface area (Å²) in [5.74, 6) is 1.57. The minimum absolute atomic E-state index is 0.00555. The van der Waals surface area contributed by atoms with Crippen molar-refractivity contribution in [2.45, 2.75) is 38.8 Å². The smallest absolute Gasteiger partial charge is 0.255 e. The highest BCUT2D eigenvalue weighted by Crippen LogP contribution is 2.36. The molecule has 3 fully saturated rings. The van der Waals surface area contributed by atoms with Gasteiger partial charge in [-0.2, -0.15) is 0 Å². The molecular weight excluding hydrogens is 372 g/mol. The van der Waals surface area contributed by atoms with Crippen LogP contribution in [0, 0.1) is 5.92 Å². The fourth-order valence-electron chi connectivity index (χ4n) is 3.66. The molecule has 0 aliphatic carbocycles. The predicted molar refractivity (Wildman–Crippen MR) is 96.9 cm³/mol. The van der Waals surface area contributed by atoms with Crippen LogP contribution in [0.25, 0.3) is 0 Å². The first-order chi connectivity index (χ1) is 11.5. The summed E-state index contributed by atoms with van der Waals surface area (Å²) < 4.78 is 12.1. The molecule has 3 saturated heterocycles. The van der Waals surface area contributed by atoms with Gasteiger partial charge in [0.15, 0.2) is 11.5 Å². The van der Waals surface area contributed by atoms with E-state index in [1.807, 2.05) is 19.9 Å². The van der Waals surface area contributed by atoms with Gasteiger partial charge in [-0.05, 0) is 57.8 Å². The number of rotatable bonds is 5. The first-order valence-corrected chi connectivity index (χ1v) is 9.34. The minimum atomic E-state index is -0.0968. The van der Waals surface area contributed by atoms with Crippen LogP contribution in [0.15, 0.2) is 16.6 Å². The maximum atomic E-state index is 12.9. The van der Waals surface area contributed by atoms with Crippen LogP contribution >= 0.6 is 15.9 Å². The van der Waals surface area contributed by atoms with Gasteiger partial charge in [-0.25, -0.2) is 0 Å². The van der Waals surface area contributed by atoms with Crippen LogP contribution in [0.2, 0.25) is 0 Å². The number of hydrogen-bond donors (Lipinski definition) is 1. The molecule has 1 amide bonds. The molecule has 5 nitrogen and oxygen atoms in total. The van der Waals surface area contributed by atoms with E-state index < -0.39 is 0 Å². The second-order valence-corrected chi connectivity index (χ2v) is 7.79. The third-order valence-corrected chi connectivity index (χ3v) is 5.26. The van der Waals surface area contributed by atoms with E-state index in [4.69, 9.17) is 9.47 Å². The molecule has 1 aromatic carbocycles. The zero-order chi connectivity index (χ0) is 17.3. The van der Waals surface area contributed by atoms with Gasteiger partial charge in [-0.15, -0.1) is 0 Å². The molecule has 0 unspecified atom stereocenters. The van der Waals surface area contributed by atoms with Crippen LogP contribution in [0.5, 0.6) is 11.5 Å². The summed E-state index contributed by atoms with van der Waals surface area (Å²) >= 11 is 3.47. The molecule has 24 heavy (non-hydrogen) atoms. The van der Waals surface area contributed by atoms with E-state index in [-0.39, 0.29) is 18.1 Å². The summed E-state index contributed by atoms with van der Waals surface area (Å²) in [5, 5.41) is 3.21. The van der Waals surface area contributed by atoms with Gasteiger partial charge in [0.1, 0.15) is 0 Å². The number of fused-ring (bicyclic) bond motifs is 3. The summed E-state index contributed by atoms with van der Waals surface area (Å²) in [6.45, 7) is 7.16. The van der Waals surface area contributed by atoms with E-state index in [1.165, 1.54) is 12.8 Å². The highest BCUT2D eigenvalue weighted by Gasteiger charge is 2.35. The second kappa shape index (κ2) is 7.31. The van der Waals surface area contributed by atoms with Gasteiger partial charge < -0.3 is 19.7 Å². The Hall–Kier alpha value is -1.27. The highest BCUT2D eigenvalue weighted by atomic mass is 79.9. The lowest BCUT2D eigenvalue weighted by Gasteiger charge is -2.44. The molecule has 6 heteroatoms. The Morgan fingerprint density at radius 1 is 1.33 bits per heavy atom. The lowest BCUT2D eigenvalue weighted by Crippen LogP contribution is -2.57.